The van der Waals surface area contributed by atoms with Crippen molar-refractivity contribution in [3.8, 4) is 0 Å². The Kier molecular flexibility index (Phi) is 21.9. The molecule has 0 atom stereocenters. The molecule has 0 aliphatic rings. The third-order valence-corrected chi connectivity index (χ3v) is 8.75. The second kappa shape index (κ2) is 15.6. The average molecular weight is 420 g/mol. The Morgan fingerprint density at radius 1 is 0.636 bits per heavy atom. The Balaban J connectivity index is -0.000000108. The molecule has 0 saturated carbocycles. The minimum absolute atomic E-state index is 0. The summed E-state index contributed by atoms with van der Waals surface area (Å²) in [6.07, 6.45) is 1.99. The Bertz CT molecular complexity index is 308. The van der Waals surface area contributed by atoms with Gasteiger partial charge in [0.1, 0.15) is 0 Å². The van der Waals surface area contributed by atoms with Crippen LogP contribution in [0.1, 0.15) is 41.5 Å². The SMILES string of the molecule is CCP(=O)(O)CC.CCP(=O)([O-])CC.CCP(=O)([O-])CC.[Fe+2]. The van der Waals surface area contributed by atoms with Gasteiger partial charge in [-0.15, -0.1) is 0 Å². The second-order valence-corrected chi connectivity index (χ2v) is 13.1. The van der Waals surface area contributed by atoms with Crippen molar-refractivity contribution in [1.29, 1.82) is 0 Å². The fourth-order valence-corrected chi connectivity index (χ4v) is 2.01. The fraction of sp³-hybridized carbons (Fsp3) is 1.00. The van der Waals surface area contributed by atoms with Crippen LogP contribution in [0.4, 0.5) is 0 Å². The zero-order valence-electron chi connectivity index (χ0n) is 14.4. The topological polar surface area (TPSA) is 118 Å². The standard InChI is InChI=1S/3C4H11O2P.Fe/c3*1-3-7(5,6)4-2;/h3*3-4H2,1-2H3,(H,5,6);/q;;;+2/p-2. The summed E-state index contributed by atoms with van der Waals surface area (Å²) in [5.74, 6) is 0. The molecular formula is C12H31FeO6P3. The fourth-order valence-electron chi connectivity index (χ4n) is 0.671. The average Bonchev–Trinajstić information content (AvgIpc) is 2.48. The smallest absolute Gasteiger partial charge is 0.799 e. The van der Waals surface area contributed by atoms with Crippen LogP contribution in [0.5, 0.6) is 0 Å². The van der Waals surface area contributed by atoms with Gasteiger partial charge in [-0.25, -0.2) is 0 Å². The van der Waals surface area contributed by atoms with E-state index in [1.807, 2.05) is 0 Å². The monoisotopic (exact) mass is 420 g/mol. The summed E-state index contributed by atoms with van der Waals surface area (Å²) in [7, 11) is -8.46. The molecule has 0 rings (SSSR count). The van der Waals surface area contributed by atoms with Gasteiger partial charge in [0.05, 0.1) is 0 Å². The van der Waals surface area contributed by atoms with Gasteiger partial charge in [-0.3, -0.25) is 4.57 Å². The van der Waals surface area contributed by atoms with Crippen LogP contribution in [-0.4, -0.2) is 41.9 Å². The van der Waals surface area contributed by atoms with Gasteiger partial charge in [0.25, 0.3) is 0 Å². The molecule has 138 valence electrons. The number of hydrogen-bond acceptors (Lipinski definition) is 5. The van der Waals surface area contributed by atoms with Gasteiger partial charge in [0.2, 0.25) is 0 Å². The van der Waals surface area contributed by atoms with E-state index < -0.39 is 22.1 Å². The van der Waals surface area contributed by atoms with Crippen molar-refractivity contribution in [2.24, 2.45) is 0 Å². The van der Waals surface area contributed by atoms with Crippen molar-refractivity contribution in [2.75, 3.05) is 37.0 Å². The van der Waals surface area contributed by atoms with E-state index in [9.17, 15) is 23.5 Å². The third kappa shape index (κ3) is 23.4. The number of rotatable bonds is 6. The maximum Gasteiger partial charge on any atom is 2.00 e. The van der Waals surface area contributed by atoms with E-state index >= 15 is 0 Å². The summed E-state index contributed by atoms with van der Waals surface area (Å²) in [6, 6.07) is 0. The van der Waals surface area contributed by atoms with Crippen molar-refractivity contribution < 1.29 is 45.4 Å². The Morgan fingerprint density at radius 2 is 0.818 bits per heavy atom. The van der Waals surface area contributed by atoms with E-state index in [2.05, 4.69) is 0 Å². The van der Waals surface area contributed by atoms with Crippen molar-refractivity contribution in [3.63, 3.8) is 0 Å². The molecule has 0 unspecified atom stereocenters. The molecule has 0 fully saturated rings. The van der Waals surface area contributed by atoms with Crippen LogP contribution in [0, 0.1) is 0 Å². The van der Waals surface area contributed by atoms with Crippen LogP contribution in [0.2, 0.25) is 0 Å². The van der Waals surface area contributed by atoms with Gasteiger partial charge in [0, 0.05) is 27.1 Å². The predicted octanol–water partition coefficient (Wildman–Crippen LogP) is 2.62. The first-order valence-electron chi connectivity index (χ1n) is 7.25. The van der Waals surface area contributed by atoms with E-state index in [0.717, 1.165) is 0 Å². The van der Waals surface area contributed by atoms with Crippen molar-refractivity contribution in [3.05, 3.63) is 0 Å². The van der Waals surface area contributed by atoms with E-state index in [-0.39, 0.29) is 17.1 Å². The van der Waals surface area contributed by atoms with E-state index in [0.29, 0.717) is 37.0 Å². The van der Waals surface area contributed by atoms with Crippen molar-refractivity contribution in [1.82, 2.24) is 0 Å². The van der Waals surface area contributed by atoms with Gasteiger partial charge < -0.3 is 23.8 Å². The van der Waals surface area contributed by atoms with E-state index in [1.165, 1.54) is 0 Å². The van der Waals surface area contributed by atoms with E-state index in [1.54, 1.807) is 41.5 Å². The molecule has 0 saturated heterocycles. The quantitative estimate of drug-likeness (QED) is 0.522. The van der Waals surface area contributed by atoms with Crippen LogP contribution in [0.15, 0.2) is 0 Å². The Hall–Kier alpha value is 1.09. The molecule has 0 heterocycles. The van der Waals surface area contributed by atoms with Crippen LogP contribution in [-0.2, 0) is 30.8 Å². The second-order valence-electron chi connectivity index (χ2n) is 4.37. The summed E-state index contributed by atoms with van der Waals surface area (Å²) < 4.78 is 31.3. The summed E-state index contributed by atoms with van der Waals surface area (Å²) in [4.78, 5) is 29.5. The molecule has 0 radical (unpaired) electrons. The molecule has 0 aromatic carbocycles. The van der Waals surface area contributed by atoms with Crippen LogP contribution in [0.25, 0.3) is 0 Å². The van der Waals surface area contributed by atoms with Gasteiger partial charge in [-0.2, -0.15) is 0 Å². The molecular weight excluding hydrogens is 389 g/mol. The molecule has 0 amide bonds. The zero-order chi connectivity index (χ0) is 17.7. The molecule has 1 N–H and O–H groups in total. The maximum absolute atomic E-state index is 10.5. The summed E-state index contributed by atoms with van der Waals surface area (Å²) in [5.41, 5.74) is 0. The molecule has 0 aliphatic heterocycles. The first kappa shape index (κ1) is 30.9. The summed E-state index contributed by atoms with van der Waals surface area (Å²) in [5, 5.41) is 0. The van der Waals surface area contributed by atoms with Crippen molar-refractivity contribution in [2.45, 2.75) is 41.5 Å². The van der Waals surface area contributed by atoms with Gasteiger partial charge >= 0.3 is 17.1 Å². The maximum atomic E-state index is 10.5. The van der Waals surface area contributed by atoms with Crippen molar-refractivity contribution >= 4 is 22.1 Å². The predicted molar refractivity (Wildman–Crippen MR) is 88.3 cm³/mol. The first-order valence-corrected chi connectivity index (χ1v) is 13.3. The number of hydrogen-bond donors (Lipinski definition) is 1. The van der Waals surface area contributed by atoms with E-state index in [4.69, 9.17) is 4.89 Å². The van der Waals surface area contributed by atoms with Gasteiger partial charge in [-0.05, 0) is 24.6 Å². The molecule has 0 spiro atoms. The largest absolute Gasteiger partial charge is 2.00 e. The Morgan fingerprint density at radius 3 is 0.818 bits per heavy atom. The first-order chi connectivity index (χ1) is 9.36. The van der Waals surface area contributed by atoms with Crippen LogP contribution >= 0.6 is 22.1 Å². The van der Waals surface area contributed by atoms with Gasteiger partial charge in [0.15, 0.2) is 7.37 Å². The molecule has 0 aromatic heterocycles. The minimum atomic E-state index is -2.90. The van der Waals surface area contributed by atoms with Gasteiger partial charge in [-0.1, -0.05) is 41.5 Å². The summed E-state index contributed by atoms with van der Waals surface area (Å²) >= 11 is 0. The molecule has 22 heavy (non-hydrogen) atoms. The molecule has 0 bridgehead atoms. The van der Waals surface area contributed by atoms with Crippen LogP contribution in [0.3, 0.4) is 0 Å². The van der Waals surface area contributed by atoms with Crippen LogP contribution < -0.4 is 9.79 Å². The molecule has 0 aliphatic carbocycles. The molecule has 6 nitrogen and oxygen atoms in total. The third-order valence-electron chi connectivity index (χ3n) is 2.92. The molecule has 0 aromatic rings. The minimum Gasteiger partial charge on any atom is -0.799 e. The zero-order valence-corrected chi connectivity index (χ0v) is 18.2. The molecule has 10 heteroatoms. The normalized spacial score (nSPS) is 11.3. The summed E-state index contributed by atoms with van der Waals surface area (Å²) in [6.45, 7) is 10.1. The Labute approximate surface area is 146 Å².